The van der Waals surface area contributed by atoms with E-state index >= 15 is 0 Å². The van der Waals surface area contributed by atoms with E-state index < -0.39 is 16.1 Å². The van der Waals surface area contributed by atoms with Crippen LogP contribution in [0.15, 0.2) is 42.5 Å². The number of hydrogen-bond acceptors (Lipinski definition) is 3. The predicted octanol–water partition coefficient (Wildman–Crippen LogP) is 3.82. The number of sulfonamides is 1. The highest BCUT2D eigenvalue weighted by Crippen LogP contribution is 2.29. The summed E-state index contributed by atoms with van der Waals surface area (Å²) in [4.78, 5) is 12.8. The van der Waals surface area contributed by atoms with Gasteiger partial charge in [0.05, 0.1) is 11.9 Å². The van der Waals surface area contributed by atoms with Crippen LogP contribution in [0, 0.1) is 13.8 Å². The molecule has 7 heteroatoms. The fraction of sp³-hybridized carbons (Fsp3) is 0.350. The lowest BCUT2D eigenvalue weighted by molar-refractivity contribution is -0.122. The van der Waals surface area contributed by atoms with Crippen LogP contribution in [-0.4, -0.2) is 26.6 Å². The lowest BCUT2D eigenvalue weighted by Crippen LogP contribution is -2.49. The predicted molar refractivity (Wildman–Crippen MR) is 111 cm³/mol. The molecule has 1 atom stereocenters. The molecule has 2 aromatic carbocycles. The van der Waals surface area contributed by atoms with Gasteiger partial charge in [-0.1, -0.05) is 54.4 Å². The molecule has 0 spiro atoms. The Kier molecular flexibility index (Phi) is 6.89. The van der Waals surface area contributed by atoms with Gasteiger partial charge in [-0.25, -0.2) is 8.42 Å². The third-order valence-corrected chi connectivity index (χ3v) is 5.73. The molecule has 0 heterocycles. The van der Waals surface area contributed by atoms with E-state index in [1.54, 1.807) is 32.0 Å². The minimum absolute atomic E-state index is 0.332. The molecule has 0 aliphatic rings. The topological polar surface area (TPSA) is 66.5 Å². The van der Waals surface area contributed by atoms with Crippen LogP contribution in [0.1, 0.15) is 30.0 Å². The van der Waals surface area contributed by atoms with Crippen LogP contribution in [0.5, 0.6) is 0 Å². The number of anilines is 1. The molecule has 0 aliphatic carbocycles. The molecule has 1 amide bonds. The van der Waals surface area contributed by atoms with E-state index in [1.165, 1.54) is 4.31 Å². The Morgan fingerprint density at radius 1 is 1.15 bits per heavy atom. The van der Waals surface area contributed by atoms with Gasteiger partial charge in [0.2, 0.25) is 15.9 Å². The molecule has 0 bridgehead atoms. The summed E-state index contributed by atoms with van der Waals surface area (Å²) in [6, 6.07) is 12.0. The first-order chi connectivity index (χ1) is 12.6. The van der Waals surface area contributed by atoms with Crippen molar-refractivity contribution in [2.24, 2.45) is 0 Å². The molecular weight excluding hydrogens is 384 g/mol. The van der Waals surface area contributed by atoms with E-state index in [9.17, 15) is 13.2 Å². The summed E-state index contributed by atoms with van der Waals surface area (Å²) in [5, 5.41) is 3.26. The van der Waals surface area contributed by atoms with E-state index in [4.69, 9.17) is 11.6 Å². The first-order valence-corrected chi connectivity index (χ1v) is 10.9. The first kappa shape index (κ1) is 21.3. The zero-order valence-electron chi connectivity index (χ0n) is 16.0. The van der Waals surface area contributed by atoms with Gasteiger partial charge in [0.1, 0.15) is 6.04 Å². The number of aryl methyl sites for hydroxylation is 2. The van der Waals surface area contributed by atoms with E-state index in [2.05, 4.69) is 5.32 Å². The monoisotopic (exact) mass is 408 g/mol. The standard InChI is InChI=1S/C20H25ClN2O3S/c1-5-18(20(24)22-13-16-9-6-14(2)7-10-16)23(27(4,25)26)19-12-17(21)11-8-15(19)3/h6-12,18H,5,13H2,1-4H3,(H,22,24)/t18-/m0/s1. The second-order valence-corrected chi connectivity index (χ2v) is 8.91. The third kappa shape index (κ3) is 5.47. The van der Waals surface area contributed by atoms with Crippen LogP contribution in [0.3, 0.4) is 0 Å². The zero-order valence-corrected chi connectivity index (χ0v) is 17.6. The number of nitrogens with one attached hydrogen (secondary N) is 1. The SMILES string of the molecule is CC[C@@H](C(=O)NCc1ccc(C)cc1)N(c1cc(Cl)ccc1C)S(C)(=O)=O. The van der Waals surface area contributed by atoms with Crippen LogP contribution in [0.4, 0.5) is 5.69 Å². The number of carbonyl (C=O) groups is 1. The van der Waals surface area contributed by atoms with Gasteiger partial charge in [-0.15, -0.1) is 0 Å². The lowest BCUT2D eigenvalue weighted by atomic mass is 10.1. The maximum absolute atomic E-state index is 12.8. The largest absolute Gasteiger partial charge is 0.350 e. The minimum Gasteiger partial charge on any atom is -0.350 e. The number of benzene rings is 2. The smallest absolute Gasteiger partial charge is 0.244 e. The highest BCUT2D eigenvalue weighted by Gasteiger charge is 2.32. The van der Waals surface area contributed by atoms with E-state index in [1.807, 2.05) is 31.2 Å². The van der Waals surface area contributed by atoms with Crippen molar-refractivity contribution in [3.05, 3.63) is 64.2 Å². The van der Waals surface area contributed by atoms with Gasteiger partial charge in [0.15, 0.2) is 0 Å². The molecule has 2 rings (SSSR count). The summed E-state index contributed by atoms with van der Waals surface area (Å²) in [6.07, 6.45) is 1.43. The second kappa shape index (κ2) is 8.76. The maximum atomic E-state index is 12.8. The summed E-state index contributed by atoms with van der Waals surface area (Å²) in [5.41, 5.74) is 3.24. The van der Waals surface area contributed by atoms with Crippen LogP contribution < -0.4 is 9.62 Å². The normalized spacial score (nSPS) is 12.5. The Morgan fingerprint density at radius 2 is 1.78 bits per heavy atom. The number of carbonyl (C=O) groups excluding carboxylic acids is 1. The summed E-state index contributed by atoms with van der Waals surface area (Å²) >= 11 is 6.07. The van der Waals surface area contributed by atoms with E-state index in [0.717, 1.165) is 22.9 Å². The number of rotatable bonds is 7. The van der Waals surface area contributed by atoms with Crippen molar-refractivity contribution < 1.29 is 13.2 Å². The van der Waals surface area contributed by atoms with Crippen LogP contribution in [-0.2, 0) is 21.4 Å². The summed E-state index contributed by atoms with van der Waals surface area (Å²) in [6.45, 7) is 5.91. The molecule has 0 saturated carbocycles. The molecule has 0 saturated heterocycles. The molecule has 0 fully saturated rings. The number of nitrogens with zero attached hydrogens (tertiary/aromatic N) is 1. The Balaban J connectivity index is 2.30. The first-order valence-electron chi connectivity index (χ1n) is 8.72. The molecular formula is C20H25ClN2O3S. The van der Waals surface area contributed by atoms with Crippen LogP contribution in [0.2, 0.25) is 5.02 Å². The van der Waals surface area contributed by atoms with Gasteiger partial charge < -0.3 is 5.32 Å². The van der Waals surface area contributed by atoms with Crippen molar-refractivity contribution in [2.75, 3.05) is 10.6 Å². The van der Waals surface area contributed by atoms with Crippen molar-refractivity contribution in [2.45, 2.75) is 39.8 Å². The van der Waals surface area contributed by atoms with E-state index in [-0.39, 0.29) is 5.91 Å². The van der Waals surface area contributed by atoms with Gasteiger partial charge in [-0.3, -0.25) is 9.10 Å². The highest BCUT2D eigenvalue weighted by atomic mass is 35.5. The Morgan fingerprint density at radius 3 is 2.33 bits per heavy atom. The third-order valence-electron chi connectivity index (χ3n) is 4.33. The van der Waals surface area contributed by atoms with Crippen molar-refractivity contribution >= 4 is 33.2 Å². The Labute approximate surface area is 166 Å². The van der Waals surface area contributed by atoms with Crippen LogP contribution in [0.25, 0.3) is 0 Å². The molecule has 2 aromatic rings. The van der Waals surface area contributed by atoms with Crippen molar-refractivity contribution in [3.8, 4) is 0 Å². The maximum Gasteiger partial charge on any atom is 0.244 e. The van der Waals surface area contributed by atoms with Crippen molar-refractivity contribution in [1.82, 2.24) is 5.32 Å². The number of amides is 1. The van der Waals surface area contributed by atoms with Crippen molar-refractivity contribution in [3.63, 3.8) is 0 Å². The summed E-state index contributed by atoms with van der Waals surface area (Å²) in [7, 11) is -3.69. The van der Waals surface area contributed by atoms with E-state index in [0.29, 0.717) is 23.7 Å². The summed E-state index contributed by atoms with van der Waals surface area (Å²) < 4.78 is 26.2. The number of halogens is 1. The molecule has 0 unspecified atom stereocenters. The molecule has 0 radical (unpaired) electrons. The van der Waals surface area contributed by atoms with Crippen molar-refractivity contribution in [1.29, 1.82) is 0 Å². The van der Waals surface area contributed by atoms with Gasteiger partial charge in [0.25, 0.3) is 0 Å². The zero-order chi connectivity index (χ0) is 20.2. The number of hydrogen-bond donors (Lipinski definition) is 1. The van der Waals surface area contributed by atoms with Gasteiger partial charge >= 0.3 is 0 Å². The van der Waals surface area contributed by atoms with Gasteiger partial charge in [-0.05, 0) is 43.5 Å². The molecule has 27 heavy (non-hydrogen) atoms. The molecule has 5 nitrogen and oxygen atoms in total. The quantitative estimate of drug-likeness (QED) is 0.757. The van der Waals surface area contributed by atoms with Gasteiger partial charge in [0, 0.05) is 11.6 Å². The molecule has 1 N–H and O–H groups in total. The average Bonchev–Trinajstić information content (AvgIpc) is 2.60. The van der Waals surface area contributed by atoms with Gasteiger partial charge in [-0.2, -0.15) is 0 Å². The fourth-order valence-electron chi connectivity index (χ4n) is 2.87. The Bertz CT molecular complexity index is 911. The minimum atomic E-state index is -3.69. The average molecular weight is 409 g/mol. The molecule has 0 aliphatic heterocycles. The Hall–Kier alpha value is -2.05. The van der Waals surface area contributed by atoms with Crippen LogP contribution >= 0.6 is 11.6 Å². The second-order valence-electron chi connectivity index (χ2n) is 6.62. The fourth-order valence-corrected chi connectivity index (χ4v) is 4.30. The lowest BCUT2D eigenvalue weighted by Gasteiger charge is -2.31. The molecule has 146 valence electrons. The molecule has 0 aromatic heterocycles. The highest BCUT2D eigenvalue weighted by molar-refractivity contribution is 7.92. The summed E-state index contributed by atoms with van der Waals surface area (Å²) in [5.74, 6) is -0.345.